The third kappa shape index (κ3) is 4.50. The van der Waals surface area contributed by atoms with E-state index in [0.717, 1.165) is 17.5 Å². The molecule has 0 aliphatic carbocycles. The molecule has 34 heavy (non-hydrogen) atoms. The molecule has 0 unspecified atom stereocenters. The number of fused-ring (bicyclic) bond motifs is 1. The number of aryl methyl sites for hydroxylation is 1. The van der Waals surface area contributed by atoms with Gasteiger partial charge in [0.1, 0.15) is 5.52 Å². The summed E-state index contributed by atoms with van der Waals surface area (Å²) in [6, 6.07) is 13.0. The number of likely N-dealkylation sites (tertiary alicyclic amines) is 1. The van der Waals surface area contributed by atoms with Crippen molar-refractivity contribution in [2.24, 2.45) is 0 Å². The fourth-order valence-corrected chi connectivity index (χ4v) is 3.92. The van der Waals surface area contributed by atoms with Gasteiger partial charge in [0.2, 0.25) is 18.1 Å². The van der Waals surface area contributed by atoms with Gasteiger partial charge in [0, 0.05) is 18.5 Å². The van der Waals surface area contributed by atoms with Gasteiger partial charge < -0.3 is 14.1 Å². The molecule has 4 aromatic rings. The molecule has 0 saturated carbocycles. The molecule has 1 fully saturated rings. The number of benzene rings is 2. The molecule has 5 rings (SSSR count). The summed E-state index contributed by atoms with van der Waals surface area (Å²) >= 11 is 0. The van der Waals surface area contributed by atoms with Crippen LogP contribution in [0, 0.1) is 5.82 Å². The van der Waals surface area contributed by atoms with Crippen LogP contribution in [-0.2, 0) is 16.0 Å². The fraction of sp³-hybridized carbons (Fsp3) is 0.240. The number of halogens is 1. The molecule has 1 aliphatic rings. The van der Waals surface area contributed by atoms with Gasteiger partial charge in [-0.05, 0) is 49.1 Å². The number of para-hydroxylation sites is 1. The maximum absolute atomic E-state index is 13.8. The maximum Gasteiger partial charge on any atom is 0.325 e. The van der Waals surface area contributed by atoms with E-state index in [9.17, 15) is 14.0 Å². The van der Waals surface area contributed by atoms with Crippen molar-refractivity contribution in [1.29, 1.82) is 0 Å². The third-order valence-electron chi connectivity index (χ3n) is 5.70. The Morgan fingerprint density at radius 1 is 1.18 bits per heavy atom. The highest BCUT2D eigenvalue weighted by Crippen LogP contribution is 2.27. The van der Waals surface area contributed by atoms with Crippen molar-refractivity contribution in [3.63, 3.8) is 0 Å². The van der Waals surface area contributed by atoms with E-state index in [1.807, 2.05) is 30.6 Å². The van der Waals surface area contributed by atoms with Gasteiger partial charge in [-0.1, -0.05) is 24.3 Å². The van der Waals surface area contributed by atoms with Crippen LogP contribution in [0.1, 0.15) is 24.8 Å². The molecule has 0 bridgehead atoms. The standard InChI is InChI=1S/C25H20FN4O4/c26-19-5-1-2-6-21(19)33-25-27-14-20-24(29-25)34-23(28-20)17-10-7-16(8-11-17)9-12-22(32)30-13-3-4-18(30)15-31/h1-2,5-8,10-11,14,18H,3-4,9,12-13H2/t18-/m0/s1. The fourth-order valence-electron chi connectivity index (χ4n) is 3.92. The van der Waals surface area contributed by atoms with Crippen LogP contribution in [0.5, 0.6) is 11.8 Å². The molecule has 1 radical (unpaired) electrons. The van der Waals surface area contributed by atoms with E-state index in [2.05, 4.69) is 15.0 Å². The summed E-state index contributed by atoms with van der Waals surface area (Å²) in [5, 5.41) is 0. The summed E-state index contributed by atoms with van der Waals surface area (Å²) in [6.07, 6.45) is 5.83. The molecule has 1 amide bonds. The Balaban J connectivity index is 1.26. The van der Waals surface area contributed by atoms with E-state index < -0.39 is 11.9 Å². The van der Waals surface area contributed by atoms with Crippen molar-refractivity contribution in [3.05, 3.63) is 66.1 Å². The van der Waals surface area contributed by atoms with Crippen LogP contribution in [0.15, 0.2) is 59.1 Å². The molecule has 1 atom stereocenters. The molecule has 9 heteroatoms. The molecule has 1 aliphatic heterocycles. The molecule has 2 aromatic heterocycles. The minimum atomic E-state index is -0.520. The maximum atomic E-state index is 13.8. The smallest absolute Gasteiger partial charge is 0.325 e. The Morgan fingerprint density at radius 3 is 2.79 bits per heavy atom. The van der Waals surface area contributed by atoms with Gasteiger partial charge in [-0.25, -0.2) is 14.4 Å². The van der Waals surface area contributed by atoms with Crippen molar-refractivity contribution in [2.75, 3.05) is 6.54 Å². The van der Waals surface area contributed by atoms with E-state index in [-0.39, 0.29) is 23.4 Å². The van der Waals surface area contributed by atoms with Gasteiger partial charge in [0.15, 0.2) is 11.6 Å². The second-order valence-corrected chi connectivity index (χ2v) is 7.95. The molecule has 3 heterocycles. The zero-order valence-electron chi connectivity index (χ0n) is 18.1. The van der Waals surface area contributed by atoms with Crippen molar-refractivity contribution in [3.8, 4) is 23.2 Å². The van der Waals surface area contributed by atoms with Crippen molar-refractivity contribution >= 4 is 23.4 Å². The quantitative estimate of drug-likeness (QED) is 0.407. The number of hydrogen-bond donors (Lipinski definition) is 0. The molecular formula is C25H20FN4O4. The Hall–Kier alpha value is -4.14. The summed E-state index contributed by atoms with van der Waals surface area (Å²) in [6.45, 7) is 0.616. The van der Waals surface area contributed by atoms with E-state index in [0.29, 0.717) is 37.2 Å². The lowest BCUT2D eigenvalue weighted by Gasteiger charge is -2.19. The highest BCUT2D eigenvalue weighted by atomic mass is 19.1. The van der Waals surface area contributed by atoms with Crippen LogP contribution >= 0.6 is 0 Å². The molecule has 171 valence electrons. The summed E-state index contributed by atoms with van der Waals surface area (Å²) < 4.78 is 25.0. The second-order valence-electron chi connectivity index (χ2n) is 7.95. The number of oxazole rings is 1. The first-order chi connectivity index (χ1) is 16.6. The van der Waals surface area contributed by atoms with Crippen LogP contribution < -0.4 is 4.74 Å². The highest BCUT2D eigenvalue weighted by molar-refractivity contribution is 5.80. The van der Waals surface area contributed by atoms with Gasteiger partial charge in [0.25, 0.3) is 5.71 Å². The summed E-state index contributed by atoms with van der Waals surface area (Å²) in [5.74, 6) is -0.175. The minimum absolute atomic E-state index is 0.0141. The topological polar surface area (TPSA) is 98.4 Å². The molecule has 2 aromatic carbocycles. The lowest BCUT2D eigenvalue weighted by Crippen LogP contribution is -2.36. The van der Waals surface area contributed by atoms with Crippen LogP contribution in [0.4, 0.5) is 4.39 Å². The first-order valence-electron chi connectivity index (χ1n) is 10.9. The molecule has 0 N–H and O–H groups in total. The highest BCUT2D eigenvalue weighted by Gasteiger charge is 2.28. The first kappa shape index (κ1) is 21.7. The summed E-state index contributed by atoms with van der Waals surface area (Å²) in [5.41, 5.74) is 2.38. The largest absolute Gasteiger partial charge is 0.421 e. The van der Waals surface area contributed by atoms with Gasteiger partial charge >= 0.3 is 6.01 Å². The van der Waals surface area contributed by atoms with Crippen LogP contribution in [0.2, 0.25) is 0 Å². The monoisotopic (exact) mass is 459 g/mol. The van der Waals surface area contributed by atoms with E-state index in [4.69, 9.17) is 9.15 Å². The van der Waals surface area contributed by atoms with Crippen LogP contribution in [-0.4, -0.2) is 44.6 Å². The zero-order valence-corrected chi connectivity index (χ0v) is 18.1. The summed E-state index contributed by atoms with van der Waals surface area (Å²) in [4.78, 5) is 37.7. The van der Waals surface area contributed by atoms with Crippen molar-refractivity contribution in [2.45, 2.75) is 31.7 Å². The Labute approximate surface area is 194 Å². The average Bonchev–Trinajstić information content (AvgIpc) is 3.51. The van der Waals surface area contributed by atoms with Crippen LogP contribution in [0.25, 0.3) is 22.7 Å². The minimum Gasteiger partial charge on any atom is -0.421 e. The van der Waals surface area contributed by atoms with E-state index in [1.165, 1.54) is 18.3 Å². The number of nitrogens with zero attached hydrogens (tertiary/aromatic N) is 4. The number of ether oxygens (including phenoxy) is 1. The van der Waals surface area contributed by atoms with Gasteiger partial charge in [0.05, 0.1) is 12.2 Å². The number of rotatable bonds is 7. The molecular weight excluding hydrogens is 439 g/mol. The van der Waals surface area contributed by atoms with Gasteiger partial charge in [-0.2, -0.15) is 4.98 Å². The average molecular weight is 459 g/mol. The normalized spacial score (nSPS) is 15.6. The van der Waals surface area contributed by atoms with E-state index >= 15 is 0 Å². The number of carbonyl (C=O) groups excluding carboxylic acids is 2. The molecule has 8 nitrogen and oxygen atoms in total. The number of carbonyl (C=O) groups is 1. The molecule has 1 saturated heterocycles. The van der Waals surface area contributed by atoms with E-state index in [1.54, 1.807) is 17.0 Å². The second kappa shape index (κ2) is 9.38. The Morgan fingerprint density at radius 2 is 2.00 bits per heavy atom. The molecule has 0 spiro atoms. The Bertz CT molecular complexity index is 1340. The first-order valence-corrected chi connectivity index (χ1v) is 10.9. The Kier molecular flexibility index (Phi) is 5.99. The lowest BCUT2D eigenvalue weighted by atomic mass is 10.1. The predicted octanol–water partition coefficient (Wildman–Crippen LogP) is 4.25. The van der Waals surface area contributed by atoms with Gasteiger partial charge in [-0.15, -0.1) is 0 Å². The van der Waals surface area contributed by atoms with Gasteiger partial charge in [-0.3, -0.25) is 9.59 Å². The predicted molar refractivity (Wildman–Crippen MR) is 120 cm³/mol. The van der Waals surface area contributed by atoms with Crippen molar-refractivity contribution < 1.29 is 23.1 Å². The van der Waals surface area contributed by atoms with Crippen LogP contribution in [0.3, 0.4) is 0 Å². The third-order valence-corrected chi connectivity index (χ3v) is 5.70. The SMILES string of the molecule is O=[C][C@@H]1CCCN1C(=O)CCc1ccc(-c2nc3cnc(Oc4ccccc4F)nc3o2)cc1. The lowest BCUT2D eigenvalue weighted by molar-refractivity contribution is -0.130. The number of hydrogen-bond acceptors (Lipinski definition) is 7. The number of amides is 1. The zero-order chi connectivity index (χ0) is 23.5. The summed E-state index contributed by atoms with van der Waals surface area (Å²) in [7, 11) is 0. The number of aromatic nitrogens is 3. The van der Waals surface area contributed by atoms with Crippen molar-refractivity contribution in [1.82, 2.24) is 19.9 Å².